The van der Waals surface area contributed by atoms with Gasteiger partial charge in [-0.1, -0.05) is 42.5 Å². The van der Waals surface area contributed by atoms with Gasteiger partial charge in [-0.2, -0.15) is 5.10 Å². The third kappa shape index (κ3) is 2.40. The number of ether oxygens (including phenoxy) is 1. The van der Waals surface area contributed by atoms with E-state index in [4.69, 9.17) is 4.74 Å². The normalized spacial score (nSPS) is 11.0. The minimum Gasteiger partial charge on any atom is -0.464 e. The van der Waals surface area contributed by atoms with Crippen LogP contribution in [0.5, 0.6) is 0 Å². The molecule has 0 amide bonds. The van der Waals surface area contributed by atoms with Crippen LogP contribution in [0.1, 0.15) is 16.2 Å². The van der Waals surface area contributed by atoms with Crippen molar-refractivity contribution in [3.63, 3.8) is 0 Å². The highest BCUT2D eigenvalue weighted by molar-refractivity contribution is 6.02. The maximum absolute atomic E-state index is 12.2. The van der Waals surface area contributed by atoms with Crippen molar-refractivity contribution in [1.29, 1.82) is 0 Å². The fourth-order valence-corrected chi connectivity index (χ4v) is 2.86. The average molecular weight is 317 g/mol. The molecule has 4 aromatic rings. The van der Waals surface area contributed by atoms with Crippen LogP contribution in [0.3, 0.4) is 0 Å². The number of pyridine rings is 1. The summed E-state index contributed by atoms with van der Waals surface area (Å²) < 4.78 is 6.59. The van der Waals surface area contributed by atoms with Crippen LogP contribution in [0.15, 0.2) is 60.7 Å². The van der Waals surface area contributed by atoms with Crippen LogP contribution in [0, 0.1) is 0 Å². The third-order valence-corrected chi connectivity index (χ3v) is 3.99. The monoisotopic (exact) mass is 317 g/mol. The van der Waals surface area contributed by atoms with Gasteiger partial charge in [0.05, 0.1) is 30.4 Å². The quantitative estimate of drug-likeness (QED) is 0.543. The molecule has 118 valence electrons. The van der Waals surface area contributed by atoms with Crippen molar-refractivity contribution in [3.05, 3.63) is 72.1 Å². The van der Waals surface area contributed by atoms with Gasteiger partial charge in [-0.15, -0.1) is 0 Å². The van der Waals surface area contributed by atoms with Gasteiger partial charge in [0.25, 0.3) is 0 Å². The highest BCUT2D eigenvalue weighted by Gasteiger charge is 2.19. The second-order valence-electron chi connectivity index (χ2n) is 5.51. The van der Waals surface area contributed by atoms with Crippen LogP contribution in [0.4, 0.5) is 0 Å². The van der Waals surface area contributed by atoms with Crippen molar-refractivity contribution in [1.82, 2.24) is 14.8 Å². The number of rotatable bonds is 3. The summed E-state index contributed by atoms with van der Waals surface area (Å²) in [5, 5.41) is 6.40. The first-order valence-corrected chi connectivity index (χ1v) is 7.65. The maximum Gasteiger partial charge on any atom is 0.356 e. The third-order valence-electron chi connectivity index (χ3n) is 3.99. The number of carbonyl (C=O) groups excluding carboxylic acids is 1. The molecule has 0 unspecified atom stereocenters. The number of fused-ring (bicyclic) bond motifs is 2. The first-order chi connectivity index (χ1) is 11.8. The van der Waals surface area contributed by atoms with Crippen molar-refractivity contribution >= 4 is 27.8 Å². The zero-order valence-electron chi connectivity index (χ0n) is 13.1. The zero-order chi connectivity index (χ0) is 16.5. The van der Waals surface area contributed by atoms with E-state index in [1.54, 1.807) is 4.68 Å². The van der Waals surface area contributed by atoms with Gasteiger partial charge in [-0.3, -0.25) is 9.67 Å². The summed E-state index contributed by atoms with van der Waals surface area (Å²) in [6.45, 7) is 0.407. The molecule has 0 N–H and O–H groups in total. The standard InChI is InChI=1S/C19H15N3O2/c1-24-19(23)18-15-7-3-5-9-17(15)21-22(18)12-14-11-10-13-6-2-4-8-16(13)20-14/h2-11H,12H2,1H3. The Balaban J connectivity index is 1.81. The SMILES string of the molecule is COC(=O)c1c2ccccc2nn1Cc1ccc2ccccc2n1. The molecule has 0 bridgehead atoms. The Bertz CT molecular complexity index is 1050. The lowest BCUT2D eigenvalue weighted by molar-refractivity contribution is 0.0589. The van der Waals surface area contributed by atoms with Crippen molar-refractivity contribution in [3.8, 4) is 0 Å². The highest BCUT2D eigenvalue weighted by Crippen LogP contribution is 2.20. The number of benzene rings is 2. The molecule has 0 atom stereocenters. The molecule has 5 heteroatoms. The van der Waals surface area contributed by atoms with Gasteiger partial charge >= 0.3 is 5.97 Å². The molecule has 0 aliphatic heterocycles. The number of hydrogen-bond donors (Lipinski definition) is 0. The van der Waals surface area contributed by atoms with E-state index in [-0.39, 0.29) is 0 Å². The van der Waals surface area contributed by atoms with E-state index in [9.17, 15) is 4.79 Å². The van der Waals surface area contributed by atoms with E-state index < -0.39 is 5.97 Å². The predicted octanol–water partition coefficient (Wildman–Crippen LogP) is 3.42. The molecule has 2 heterocycles. The molecule has 0 aliphatic carbocycles. The van der Waals surface area contributed by atoms with Gasteiger partial charge in [-0.05, 0) is 18.2 Å². The summed E-state index contributed by atoms with van der Waals surface area (Å²) in [7, 11) is 1.38. The number of esters is 1. The first-order valence-electron chi connectivity index (χ1n) is 7.65. The van der Waals surface area contributed by atoms with E-state index in [2.05, 4.69) is 10.1 Å². The lowest BCUT2D eigenvalue weighted by atomic mass is 10.2. The lowest BCUT2D eigenvalue weighted by Gasteiger charge is -2.07. The second kappa shape index (κ2) is 5.77. The zero-order valence-corrected chi connectivity index (χ0v) is 13.1. The molecule has 0 saturated carbocycles. The Kier molecular flexibility index (Phi) is 3.46. The average Bonchev–Trinajstić information content (AvgIpc) is 2.98. The van der Waals surface area contributed by atoms with Gasteiger partial charge in [0.2, 0.25) is 0 Å². The van der Waals surface area contributed by atoms with Gasteiger partial charge in [-0.25, -0.2) is 4.79 Å². The van der Waals surface area contributed by atoms with Crippen LogP contribution in [0.2, 0.25) is 0 Å². The van der Waals surface area contributed by atoms with E-state index in [0.29, 0.717) is 12.2 Å². The molecule has 0 spiro atoms. The van der Waals surface area contributed by atoms with Crippen molar-refractivity contribution < 1.29 is 9.53 Å². The molecule has 5 nitrogen and oxygen atoms in total. The molecular weight excluding hydrogens is 302 g/mol. The molecular formula is C19H15N3O2. The smallest absolute Gasteiger partial charge is 0.356 e. The Morgan fingerprint density at radius 2 is 1.75 bits per heavy atom. The fourth-order valence-electron chi connectivity index (χ4n) is 2.86. The topological polar surface area (TPSA) is 57.0 Å². The van der Waals surface area contributed by atoms with Crippen molar-refractivity contribution in [2.24, 2.45) is 0 Å². The van der Waals surface area contributed by atoms with Crippen LogP contribution in [-0.2, 0) is 11.3 Å². The number of aromatic nitrogens is 3. The summed E-state index contributed by atoms with van der Waals surface area (Å²) in [5.41, 5.74) is 2.97. The summed E-state index contributed by atoms with van der Waals surface area (Å²) in [4.78, 5) is 16.9. The predicted molar refractivity (Wildman–Crippen MR) is 91.9 cm³/mol. The first kappa shape index (κ1) is 14.4. The van der Waals surface area contributed by atoms with Crippen molar-refractivity contribution in [2.45, 2.75) is 6.54 Å². The molecule has 2 aromatic carbocycles. The Hall–Kier alpha value is -3.21. The van der Waals surface area contributed by atoms with E-state index >= 15 is 0 Å². The summed E-state index contributed by atoms with van der Waals surface area (Å²) in [6, 6.07) is 19.5. The number of para-hydroxylation sites is 1. The minimum atomic E-state index is -0.399. The minimum absolute atomic E-state index is 0.399. The molecule has 0 fully saturated rings. The molecule has 2 aromatic heterocycles. The Morgan fingerprint density at radius 1 is 1.00 bits per heavy atom. The van der Waals surface area contributed by atoms with Gasteiger partial charge < -0.3 is 4.74 Å². The number of methoxy groups -OCH3 is 1. The Morgan fingerprint density at radius 3 is 2.58 bits per heavy atom. The summed E-state index contributed by atoms with van der Waals surface area (Å²) in [6.07, 6.45) is 0. The van der Waals surface area contributed by atoms with Crippen LogP contribution in [0.25, 0.3) is 21.8 Å². The van der Waals surface area contributed by atoms with Gasteiger partial charge in [0, 0.05) is 10.8 Å². The van der Waals surface area contributed by atoms with Crippen molar-refractivity contribution in [2.75, 3.05) is 7.11 Å². The molecule has 0 saturated heterocycles. The molecule has 0 radical (unpaired) electrons. The largest absolute Gasteiger partial charge is 0.464 e. The van der Waals surface area contributed by atoms with E-state index in [0.717, 1.165) is 27.5 Å². The van der Waals surface area contributed by atoms with Gasteiger partial charge in [0.15, 0.2) is 5.69 Å². The summed E-state index contributed by atoms with van der Waals surface area (Å²) >= 11 is 0. The maximum atomic E-state index is 12.2. The van der Waals surface area contributed by atoms with Crippen LogP contribution < -0.4 is 0 Å². The molecule has 4 rings (SSSR count). The second-order valence-corrected chi connectivity index (χ2v) is 5.51. The fraction of sp³-hybridized carbons (Fsp3) is 0.105. The number of carbonyl (C=O) groups is 1. The lowest BCUT2D eigenvalue weighted by Crippen LogP contribution is -2.13. The summed E-state index contributed by atoms with van der Waals surface area (Å²) in [5.74, 6) is -0.399. The van der Waals surface area contributed by atoms with E-state index in [1.807, 2.05) is 60.7 Å². The number of nitrogens with zero attached hydrogens (tertiary/aromatic N) is 3. The van der Waals surface area contributed by atoms with E-state index in [1.165, 1.54) is 7.11 Å². The number of hydrogen-bond acceptors (Lipinski definition) is 4. The molecule has 24 heavy (non-hydrogen) atoms. The van der Waals surface area contributed by atoms with Crippen LogP contribution >= 0.6 is 0 Å². The van der Waals surface area contributed by atoms with Crippen LogP contribution in [-0.4, -0.2) is 27.8 Å². The highest BCUT2D eigenvalue weighted by atomic mass is 16.5. The molecule has 0 aliphatic rings. The Labute approximate surface area is 138 Å². The van der Waals surface area contributed by atoms with Gasteiger partial charge in [0.1, 0.15) is 0 Å².